The van der Waals surface area contributed by atoms with Gasteiger partial charge in [-0.05, 0) is 39.5 Å². The summed E-state index contributed by atoms with van der Waals surface area (Å²) in [6.07, 6.45) is 5.21. The number of aromatic nitrogens is 1. The van der Waals surface area contributed by atoms with Gasteiger partial charge in [0.25, 0.3) is 0 Å². The third-order valence-electron chi connectivity index (χ3n) is 3.71. The molecule has 1 heterocycles. The molecule has 1 saturated carbocycles. The van der Waals surface area contributed by atoms with Crippen LogP contribution >= 0.6 is 0 Å². The minimum Gasteiger partial charge on any atom is -0.381 e. The number of methoxy groups -OCH3 is 1. The van der Waals surface area contributed by atoms with Gasteiger partial charge >= 0.3 is 0 Å². The van der Waals surface area contributed by atoms with Crippen molar-refractivity contribution in [2.75, 3.05) is 7.11 Å². The second-order valence-electron chi connectivity index (χ2n) is 4.90. The van der Waals surface area contributed by atoms with Gasteiger partial charge in [-0.1, -0.05) is 5.16 Å². The molecule has 0 amide bonds. The van der Waals surface area contributed by atoms with Gasteiger partial charge in [-0.3, -0.25) is 0 Å². The lowest BCUT2D eigenvalue weighted by Crippen LogP contribution is -2.36. The van der Waals surface area contributed by atoms with Crippen LogP contribution in [0.5, 0.6) is 0 Å². The Hall–Kier alpha value is -0.870. The Morgan fingerprint density at radius 2 is 2.24 bits per heavy atom. The maximum absolute atomic E-state index is 5.43. The summed E-state index contributed by atoms with van der Waals surface area (Å²) in [5.41, 5.74) is 2.19. The van der Waals surface area contributed by atoms with Gasteiger partial charge in [0.1, 0.15) is 5.76 Å². The van der Waals surface area contributed by atoms with Gasteiger partial charge in [-0.25, -0.2) is 0 Å². The monoisotopic (exact) mass is 238 g/mol. The Kier molecular flexibility index (Phi) is 4.18. The molecule has 0 spiro atoms. The predicted molar refractivity (Wildman–Crippen MR) is 65.9 cm³/mol. The number of rotatable bonds is 4. The summed E-state index contributed by atoms with van der Waals surface area (Å²) in [6, 6.07) is 0.558. The largest absolute Gasteiger partial charge is 0.381 e. The molecule has 1 N–H and O–H groups in total. The SMILES string of the molecule is CO[C@@H]1CCC[C@H](NCc2c(C)noc2C)C1. The number of nitrogens with zero attached hydrogens (tertiary/aromatic N) is 1. The van der Waals surface area contributed by atoms with Crippen LogP contribution in [0.25, 0.3) is 0 Å². The first-order valence-electron chi connectivity index (χ1n) is 6.38. The minimum absolute atomic E-state index is 0.422. The van der Waals surface area contributed by atoms with Crippen LogP contribution < -0.4 is 5.32 Å². The molecule has 4 nitrogen and oxygen atoms in total. The highest BCUT2D eigenvalue weighted by atomic mass is 16.5. The van der Waals surface area contributed by atoms with Crippen LogP contribution in [0.2, 0.25) is 0 Å². The van der Waals surface area contributed by atoms with Crippen LogP contribution in [-0.4, -0.2) is 24.4 Å². The van der Waals surface area contributed by atoms with E-state index >= 15 is 0 Å². The van der Waals surface area contributed by atoms with Gasteiger partial charge in [0.05, 0.1) is 11.8 Å². The van der Waals surface area contributed by atoms with E-state index in [2.05, 4.69) is 10.5 Å². The van der Waals surface area contributed by atoms with E-state index in [4.69, 9.17) is 9.26 Å². The molecule has 0 saturated heterocycles. The van der Waals surface area contributed by atoms with Gasteiger partial charge in [0.2, 0.25) is 0 Å². The summed E-state index contributed by atoms with van der Waals surface area (Å²) in [4.78, 5) is 0. The molecule has 1 aromatic heterocycles. The van der Waals surface area contributed by atoms with Gasteiger partial charge in [0.15, 0.2) is 0 Å². The molecule has 1 aromatic rings. The topological polar surface area (TPSA) is 47.3 Å². The van der Waals surface area contributed by atoms with Crippen LogP contribution in [-0.2, 0) is 11.3 Å². The highest BCUT2D eigenvalue weighted by Gasteiger charge is 2.21. The highest BCUT2D eigenvalue weighted by molar-refractivity contribution is 5.20. The molecule has 2 atom stereocenters. The average Bonchev–Trinajstić information content (AvgIpc) is 2.67. The molecule has 1 aliphatic rings. The fourth-order valence-corrected chi connectivity index (χ4v) is 2.55. The lowest BCUT2D eigenvalue weighted by molar-refractivity contribution is 0.0586. The Morgan fingerprint density at radius 1 is 1.41 bits per heavy atom. The fraction of sp³-hybridized carbons (Fsp3) is 0.769. The summed E-state index contributed by atoms with van der Waals surface area (Å²) < 4.78 is 10.6. The number of aryl methyl sites for hydroxylation is 2. The van der Waals surface area contributed by atoms with E-state index in [1.54, 1.807) is 7.11 Å². The first-order valence-corrected chi connectivity index (χ1v) is 6.38. The second-order valence-corrected chi connectivity index (χ2v) is 4.90. The van der Waals surface area contributed by atoms with Crippen LogP contribution in [0.15, 0.2) is 4.52 Å². The molecule has 2 rings (SSSR count). The molecule has 17 heavy (non-hydrogen) atoms. The van der Waals surface area contributed by atoms with Crippen LogP contribution in [0.1, 0.15) is 42.7 Å². The number of hydrogen-bond acceptors (Lipinski definition) is 4. The molecular formula is C13H22N2O2. The van der Waals surface area contributed by atoms with Crippen molar-refractivity contribution in [3.05, 3.63) is 17.0 Å². The summed E-state index contributed by atoms with van der Waals surface area (Å²) in [7, 11) is 1.81. The van der Waals surface area contributed by atoms with E-state index in [-0.39, 0.29) is 0 Å². The first kappa shape index (κ1) is 12.6. The minimum atomic E-state index is 0.422. The number of nitrogens with one attached hydrogen (secondary N) is 1. The normalized spacial score (nSPS) is 25.1. The van der Waals surface area contributed by atoms with Gasteiger partial charge in [0, 0.05) is 25.3 Å². The van der Waals surface area contributed by atoms with Crippen molar-refractivity contribution in [1.82, 2.24) is 10.5 Å². The fourth-order valence-electron chi connectivity index (χ4n) is 2.55. The smallest absolute Gasteiger partial charge is 0.138 e. The predicted octanol–water partition coefficient (Wildman–Crippen LogP) is 2.34. The molecule has 96 valence electrons. The third-order valence-corrected chi connectivity index (χ3v) is 3.71. The standard InChI is InChI=1S/C13H22N2O2/c1-9-13(10(2)17-15-9)8-14-11-5-4-6-12(7-11)16-3/h11-12,14H,4-8H2,1-3H3/t11-,12+/m0/s1. The summed E-state index contributed by atoms with van der Waals surface area (Å²) in [6.45, 7) is 4.81. The van der Waals surface area contributed by atoms with E-state index < -0.39 is 0 Å². The van der Waals surface area contributed by atoms with Crippen molar-refractivity contribution in [3.63, 3.8) is 0 Å². The van der Waals surface area contributed by atoms with Crippen molar-refractivity contribution in [2.45, 2.75) is 58.2 Å². The highest BCUT2D eigenvalue weighted by Crippen LogP contribution is 2.21. The molecule has 1 aliphatic carbocycles. The molecule has 0 aromatic carbocycles. The molecule has 0 bridgehead atoms. The Labute approximate surface area is 103 Å². The first-order chi connectivity index (χ1) is 8.20. The summed E-state index contributed by atoms with van der Waals surface area (Å²) in [5.74, 6) is 0.925. The lowest BCUT2D eigenvalue weighted by Gasteiger charge is -2.28. The van der Waals surface area contributed by atoms with E-state index in [9.17, 15) is 0 Å². The summed E-state index contributed by atoms with van der Waals surface area (Å²) in [5, 5.41) is 7.56. The van der Waals surface area contributed by atoms with Crippen LogP contribution in [0.4, 0.5) is 0 Å². The van der Waals surface area contributed by atoms with Crippen LogP contribution in [0.3, 0.4) is 0 Å². The molecule has 0 radical (unpaired) electrons. The number of ether oxygens (including phenoxy) is 1. The third kappa shape index (κ3) is 3.07. The van der Waals surface area contributed by atoms with Crippen molar-refractivity contribution < 1.29 is 9.26 Å². The maximum atomic E-state index is 5.43. The van der Waals surface area contributed by atoms with E-state index in [0.717, 1.165) is 24.4 Å². The van der Waals surface area contributed by atoms with Crippen molar-refractivity contribution in [2.24, 2.45) is 0 Å². The zero-order valence-corrected chi connectivity index (χ0v) is 11.0. The van der Waals surface area contributed by atoms with Gasteiger partial charge in [-0.15, -0.1) is 0 Å². The van der Waals surface area contributed by atoms with Gasteiger partial charge < -0.3 is 14.6 Å². The molecule has 4 heteroatoms. The average molecular weight is 238 g/mol. The van der Waals surface area contributed by atoms with E-state index in [1.807, 2.05) is 13.8 Å². The Balaban J connectivity index is 1.86. The van der Waals surface area contributed by atoms with Crippen molar-refractivity contribution in [3.8, 4) is 0 Å². The molecular weight excluding hydrogens is 216 g/mol. The number of hydrogen-bond donors (Lipinski definition) is 1. The Morgan fingerprint density at radius 3 is 2.88 bits per heavy atom. The Bertz CT molecular complexity index is 343. The van der Waals surface area contributed by atoms with Crippen molar-refractivity contribution >= 4 is 0 Å². The van der Waals surface area contributed by atoms with Crippen LogP contribution in [0, 0.1) is 13.8 Å². The van der Waals surface area contributed by atoms with Crippen molar-refractivity contribution in [1.29, 1.82) is 0 Å². The molecule has 0 unspecified atom stereocenters. The van der Waals surface area contributed by atoms with Gasteiger partial charge in [-0.2, -0.15) is 0 Å². The summed E-state index contributed by atoms with van der Waals surface area (Å²) >= 11 is 0. The zero-order valence-electron chi connectivity index (χ0n) is 11.0. The zero-order chi connectivity index (χ0) is 12.3. The molecule has 1 fully saturated rings. The quantitative estimate of drug-likeness (QED) is 0.874. The second kappa shape index (κ2) is 5.65. The molecule has 0 aliphatic heterocycles. The maximum Gasteiger partial charge on any atom is 0.138 e. The van der Waals surface area contributed by atoms with E-state index in [0.29, 0.717) is 12.1 Å². The van der Waals surface area contributed by atoms with E-state index in [1.165, 1.54) is 24.8 Å². The lowest BCUT2D eigenvalue weighted by atomic mass is 9.92.